The van der Waals surface area contributed by atoms with Crippen molar-refractivity contribution in [3.8, 4) is 0 Å². The highest BCUT2D eigenvalue weighted by molar-refractivity contribution is 5.97. The summed E-state index contributed by atoms with van der Waals surface area (Å²) in [5.41, 5.74) is 6.10. The molecule has 2 rings (SSSR count). The Balaban J connectivity index is 0.00000162. The molecule has 0 bridgehead atoms. The van der Waals surface area contributed by atoms with Crippen LogP contribution in [-0.4, -0.2) is 29.6 Å². The Morgan fingerprint density at radius 1 is 1.37 bits per heavy atom. The Morgan fingerprint density at radius 3 is 2.58 bits per heavy atom. The Morgan fingerprint density at radius 2 is 2.00 bits per heavy atom. The molecule has 0 atom stereocenters. The van der Waals surface area contributed by atoms with E-state index >= 15 is 0 Å². The molecule has 3 N–H and O–H groups in total. The molecule has 0 radical (unpaired) electrons. The fraction of sp³-hybridized carbons (Fsp3) is 0.500. The van der Waals surface area contributed by atoms with Crippen LogP contribution in [0.2, 0.25) is 0 Å². The van der Waals surface area contributed by atoms with E-state index in [2.05, 4.69) is 10.3 Å². The van der Waals surface area contributed by atoms with Gasteiger partial charge in [0.1, 0.15) is 11.4 Å². The van der Waals surface area contributed by atoms with Gasteiger partial charge in [-0.15, -0.1) is 24.8 Å². The zero-order valence-electron chi connectivity index (χ0n) is 10.7. The number of hydrogen-bond acceptors (Lipinski definition) is 4. The minimum atomic E-state index is -0.830. The van der Waals surface area contributed by atoms with Gasteiger partial charge < -0.3 is 15.8 Å². The van der Waals surface area contributed by atoms with Crippen LogP contribution in [0.15, 0.2) is 18.2 Å². The number of hydrogen-bond donors (Lipinski definition) is 2. The van der Waals surface area contributed by atoms with Gasteiger partial charge in [-0.2, -0.15) is 0 Å². The maximum Gasteiger partial charge on any atom is 0.245 e. The zero-order chi connectivity index (χ0) is 12.3. The van der Waals surface area contributed by atoms with Gasteiger partial charge in [-0.3, -0.25) is 4.79 Å². The molecule has 0 spiro atoms. The monoisotopic (exact) mass is 307 g/mol. The summed E-state index contributed by atoms with van der Waals surface area (Å²) < 4.78 is 5.21. The standard InChI is InChI=1S/C12H17N3O2.2ClH/c1-9-3-2-4-10(14-9)15-11(16)12(13)5-7-17-8-6-12;;/h2-4H,5-8,13H2,1H3,(H,14,15,16);2*1H. The SMILES string of the molecule is Cc1cccc(NC(=O)C2(N)CCOCC2)n1.Cl.Cl. The molecule has 1 aliphatic heterocycles. The first kappa shape index (κ1) is 18.1. The van der Waals surface area contributed by atoms with Crippen LogP contribution in [0.25, 0.3) is 0 Å². The number of rotatable bonds is 2. The predicted octanol–water partition coefficient (Wildman–Crippen LogP) is 1.68. The summed E-state index contributed by atoms with van der Waals surface area (Å²) in [6.45, 7) is 2.94. The number of aromatic nitrogens is 1. The van der Waals surface area contributed by atoms with E-state index in [0.717, 1.165) is 5.69 Å². The summed E-state index contributed by atoms with van der Waals surface area (Å²) in [4.78, 5) is 16.3. The van der Waals surface area contributed by atoms with Gasteiger partial charge in [0, 0.05) is 18.9 Å². The van der Waals surface area contributed by atoms with Gasteiger partial charge in [-0.05, 0) is 31.9 Å². The van der Waals surface area contributed by atoms with Crippen molar-refractivity contribution in [2.75, 3.05) is 18.5 Å². The normalized spacial score (nSPS) is 16.7. The third-order valence-electron chi connectivity index (χ3n) is 2.97. The second kappa shape index (κ2) is 7.65. The molecule has 1 aromatic rings. The number of anilines is 1. The fourth-order valence-electron chi connectivity index (χ4n) is 1.82. The second-order valence-corrected chi connectivity index (χ2v) is 4.39. The van der Waals surface area contributed by atoms with Crippen LogP contribution in [0.3, 0.4) is 0 Å². The number of aryl methyl sites for hydroxylation is 1. The quantitative estimate of drug-likeness (QED) is 0.871. The lowest BCUT2D eigenvalue weighted by Gasteiger charge is -2.31. The van der Waals surface area contributed by atoms with E-state index in [4.69, 9.17) is 10.5 Å². The van der Waals surface area contributed by atoms with Crippen LogP contribution in [-0.2, 0) is 9.53 Å². The van der Waals surface area contributed by atoms with Crippen molar-refractivity contribution in [3.05, 3.63) is 23.9 Å². The van der Waals surface area contributed by atoms with Gasteiger partial charge >= 0.3 is 0 Å². The molecule has 0 unspecified atom stereocenters. The summed E-state index contributed by atoms with van der Waals surface area (Å²) in [6.07, 6.45) is 1.09. The van der Waals surface area contributed by atoms with Crippen molar-refractivity contribution < 1.29 is 9.53 Å². The summed E-state index contributed by atoms with van der Waals surface area (Å²) in [5.74, 6) is 0.366. The van der Waals surface area contributed by atoms with Gasteiger partial charge in [0.2, 0.25) is 5.91 Å². The van der Waals surface area contributed by atoms with Crippen molar-refractivity contribution in [3.63, 3.8) is 0 Å². The molecule has 0 saturated carbocycles. The highest BCUT2D eigenvalue weighted by atomic mass is 35.5. The van der Waals surface area contributed by atoms with Gasteiger partial charge in [0.25, 0.3) is 0 Å². The maximum atomic E-state index is 12.1. The average Bonchev–Trinajstić information content (AvgIpc) is 2.30. The van der Waals surface area contributed by atoms with Gasteiger partial charge in [-0.1, -0.05) is 6.07 Å². The molecule has 2 heterocycles. The van der Waals surface area contributed by atoms with Crippen LogP contribution >= 0.6 is 24.8 Å². The van der Waals surface area contributed by atoms with Gasteiger partial charge in [-0.25, -0.2) is 4.98 Å². The Kier molecular flexibility index (Phi) is 7.29. The lowest BCUT2D eigenvalue weighted by Crippen LogP contribution is -2.54. The minimum Gasteiger partial charge on any atom is -0.381 e. The number of ether oxygens (including phenoxy) is 1. The average molecular weight is 308 g/mol. The Labute approximate surface area is 125 Å². The van der Waals surface area contributed by atoms with Crippen molar-refractivity contribution in [1.29, 1.82) is 0 Å². The molecule has 1 aromatic heterocycles. The lowest BCUT2D eigenvalue weighted by molar-refractivity contribution is -0.124. The third kappa shape index (κ3) is 4.62. The van der Waals surface area contributed by atoms with Crippen molar-refractivity contribution in [2.24, 2.45) is 5.73 Å². The summed E-state index contributed by atoms with van der Waals surface area (Å²) in [5, 5.41) is 2.76. The number of nitrogens with one attached hydrogen (secondary N) is 1. The fourth-order valence-corrected chi connectivity index (χ4v) is 1.82. The highest BCUT2D eigenvalue weighted by Gasteiger charge is 2.36. The molecule has 1 amide bonds. The molecule has 108 valence electrons. The molecule has 7 heteroatoms. The smallest absolute Gasteiger partial charge is 0.245 e. The Hall–Kier alpha value is -0.880. The number of halogens is 2. The zero-order valence-corrected chi connectivity index (χ0v) is 12.4. The van der Waals surface area contributed by atoms with E-state index in [-0.39, 0.29) is 30.7 Å². The highest BCUT2D eigenvalue weighted by Crippen LogP contribution is 2.19. The number of nitrogens with zero attached hydrogens (tertiary/aromatic N) is 1. The van der Waals surface area contributed by atoms with Crippen molar-refractivity contribution >= 4 is 36.5 Å². The predicted molar refractivity (Wildman–Crippen MR) is 79.1 cm³/mol. The van der Waals surface area contributed by atoms with Crippen LogP contribution < -0.4 is 11.1 Å². The van der Waals surface area contributed by atoms with Crippen LogP contribution in [0.5, 0.6) is 0 Å². The van der Waals surface area contributed by atoms with E-state index in [1.807, 2.05) is 19.1 Å². The number of nitrogens with two attached hydrogens (primary N) is 1. The van der Waals surface area contributed by atoms with E-state index < -0.39 is 5.54 Å². The first-order valence-corrected chi connectivity index (χ1v) is 5.72. The van der Waals surface area contributed by atoms with Gasteiger partial charge in [0.15, 0.2) is 0 Å². The molecule has 1 aliphatic rings. The molecular weight excluding hydrogens is 289 g/mol. The first-order chi connectivity index (χ1) is 8.10. The molecular formula is C12H19Cl2N3O2. The topological polar surface area (TPSA) is 77.2 Å². The molecule has 0 aromatic carbocycles. The molecule has 19 heavy (non-hydrogen) atoms. The van der Waals surface area contributed by atoms with Crippen LogP contribution in [0.1, 0.15) is 18.5 Å². The molecule has 0 aliphatic carbocycles. The second-order valence-electron chi connectivity index (χ2n) is 4.39. The Bertz CT molecular complexity index is 423. The van der Waals surface area contributed by atoms with Crippen LogP contribution in [0.4, 0.5) is 5.82 Å². The summed E-state index contributed by atoms with van der Waals surface area (Å²) in [7, 11) is 0. The third-order valence-corrected chi connectivity index (χ3v) is 2.97. The number of amides is 1. The lowest BCUT2D eigenvalue weighted by atomic mass is 9.90. The molecule has 1 fully saturated rings. The van der Waals surface area contributed by atoms with E-state index in [1.54, 1.807) is 6.07 Å². The number of carbonyl (C=O) groups is 1. The number of carbonyl (C=O) groups excluding carboxylic acids is 1. The van der Waals surface area contributed by atoms with E-state index in [9.17, 15) is 4.79 Å². The molecule has 1 saturated heterocycles. The van der Waals surface area contributed by atoms with Crippen molar-refractivity contribution in [2.45, 2.75) is 25.3 Å². The number of pyridine rings is 1. The van der Waals surface area contributed by atoms with E-state index in [1.165, 1.54) is 0 Å². The summed E-state index contributed by atoms with van der Waals surface area (Å²) in [6, 6.07) is 5.49. The first-order valence-electron chi connectivity index (χ1n) is 5.72. The largest absolute Gasteiger partial charge is 0.381 e. The maximum absolute atomic E-state index is 12.1. The van der Waals surface area contributed by atoms with E-state index in [0.29, 0.717) is 31.9 Å². The summed E-state index contributed by atoms with van der Waals surface area (Å²) >= 11 is 0. The van der Waals surface area contributed by atoms with Crippen LogP contribution in [0, 0.1) is 6.92 Å². The minimum absolute atomic E-state index is 0. The molecule has 5 nitrogen and oxygen atoms in total. The van der Waals surface area contributed by atoms with Gasteiger partial charge in [0.05, 0.1) is 0 Å². The van der Waals surface area contributed by atoms with Crippen molar-refractivity contribution in [1.82, 2.24) is 4.98 Å².